The second-order valence-electron chi connectivity index (χ2n) is 4.80. The Hall–Kier alpha value is -1.86. The number of benzene rings is 1. The van der Waals surface area contributed by atoms with Crippen LogP contribution in [-0.2, 0) is 4.79 Å². The first-order valence-electron chi connectivity index (χ1n) is 6.50. The maximum Gasteiger partial charge on any atom is 0.244 e. The molecule has 0 aliphatic rings. The lowest BCUT2D eigenvalue weighted by atomic mass is 10.0. The van der Waals surface area contributed by atoms with E-state index in [0.29, 0.717) is 13.1 Å². The predicted octanol–water partition coefficient (Wildman–Crippen LogP) is 2.00. The molecular weight excluding hydrogens is 238 g/mol. The lowest BCUT2D eigenvalue weighted by molar-refractivity contribution is -0.132. The molecule has 19 heavy (non-hydrogen) atoms. The molecule has 1 aromatic rings. The van der Waals surface area contributed by atoms with Gasteiger partial charge in [-0.15, -0.1) is 0 Å². The highest BCUT2D eigenvalue weighted by Crippen LogP contribution is 2.15. The van der Waals surface area contributed by atoms with E-state index >= 15 is 0 Å². The second-order valence-corrected chi connectivity index (χ2v) is 4.80. The standard InChI is InChI=1S/C15H21N3O/c1-4-18(10-12(3)9-16)15(19)14(17)13-7-5-11(2)6-8-13/h5-8,12,14H,4,10,17H2,1-3H3. The minimum Gasteiger partial charge on any atom is -0.340 e. The molecule has 0 aliphatic carbocycles. The van der Waals surface area contributed by atoms with E-state index < -0.39 is 6.04 Å². The van der Waals surface area contributed by atoms with Gasteiger partial charge in [-0.3, -0.25) is 4.79 Å². The molecule has 0 radical (unpaired) electrons. The maximum atomic E-state index is 12.3. The molecule has 4 heteroatoms. The molecule has 2 N–H and O–H groups in total. The van der Waals surface area contributed by atoms with E-state index in [9.17, 15) is 4.79 Å². The van der Waals surface area contributed by atoms with Crippen LogP contribution in [0, 0.1) is 24.2 Å². The van der Waals surface area contributed by atoms with E-state index in [2.05, 4.69) is 6.07 Å². The normalized spacial score (nSPS) is 13.4. The molecule has 2 unspecified atom stereocenters. The van der Waals surface area contributed by atoms with E-state index in [4.69, 9.17) is 11.0 Å². The van der Waals surface area contributed by atoms with Crippen LogP contribution in [0.5, 0.6) is 0 Å². The highest BCUT2D eigenvalue weighted by Gasteiger charge is 2.22. The molecule has 0 spiro atoms. The summed E-state index contributed by atoms with van der Waals surface area (Å²) in [6, 6.07) is 9.11. The molecule has 0 heterocycles. The molecule has 0 aliphatic heterocycles. The van der Waals surface area contributed by atoms with Crippen molar-refractivity contribution in [3.05, 3.63) is 35.4 Å². The number of nitrogens with two attached hydrogens (primary N) is 1. The lowest BCUT2D eigenvalue weighted by Gasteiger charge is -2.25. The summed E-state index contributed by atoms with van der Waals surface area (Å²) in [5, 5.41) is 8.83. The van der Waals surface area contributed by atoms with Crippen molar-refractivity contribution >= 4 is 5.91 Å². The second kappa shape index (κ2) is 6.91. The zero-order valence-electron chi connectivity index (χ0n) is 11.8. The molecule has 1 amide bonds. The highest BCUT2D eigenvalue weighted by atomic mass is 16.2. The SMILES string of the molecule is CCN(CC(C)C#N)C(=O)C(N)c1ccc(C)cc1. The van der Waals surface area contributed by atoms with Crippen LogP contribution in [0.1, 0.15) is 31.0 Å². The summed E-state index contributed by atoms with van der Waals surface area (Å²) in [6.45, 7) is 6.66. The fourth-order valence-corrected chi connectivity index (χ4v) is 1.86. The number of hydrogen-bond donors (Lipinski definition) is 1. The molecule has 102 valence electrons. The van der Waals surface area contributed by atoms with Gasteiger partial charge in [-0.1, -0.05) is 29.8 Å². The Kier molecular flexibility index (Phi) is 5.53. The van der Waals surface area contributed by atoms with Crippen molar-refractivity contribution in [2.45, 2.75) is 26.8 Å². The number of carbonyl (C=O) groups excluding carboxylic acids is 1. The van der Waals surface area contributed by atoms with Gasteiger partial charge in [0, 0.05) is 13.1 Å². The van der Waals surface area contributed by atoms with Crippen molar-refractivity contribution in [2.24, 2.45) is 11.7 Å². The van der Waals surface area contributed by atoms with Crippen molar-refractivity contribution in [3.63, 3.8) is 0 Å². The summed E-state index contributed by atoms with van der Waals surface area (Å²) >= 11 is 0. The first-order chi connectivity index (χ1) is 8.99. The summed E-state index contributed by atoms with van der Waals surface area (Å²) in [4.78, 5) is 13.9. The van der Waals surface area contributed by atoms with Gasteiger partial charge in [-0.05, 0) is 26.3 Å². The maximum absolute atomic E-state index is 12.3. The van der Waals surface area contributed by atoms with E-state index in [1.165, 1.54) is 0 Å². The minimum atomic E-state index is -0.661. The molecule has 2 atom stereocenters. The Morgan fingerprint density at radius 3 is 2.47 bits per heavy atom. The number of nitrogens with zero attached hydrogens (tertiary/aromatic N) is 2. The van der Waals surface area contributed by atoms with Crippen molar-refractivity contribution in [3.8, 4) is 6.07 Å². The molecule has 0 fully saturated rings. The van der Waals surface area contributed by atoms with Crippen molar-refractivity contribution in [1.29, 1.82) is 5.26 Å². The Morgan fingerprint density at radius 1 is 1.42 bits per heavy atom. The zero-order chi connectivity index (χ0) is 14.4. The van der Waals surface area contributed by atoms with Gasteiger partial charge in [0.15, 0.2) is 0 Å². The summed E-state index contributed by atoms with van der Waals surface area (Å²) in [5.41, 5.74) is 7.95. The van der Waals surface area contributed by atoms with Crippen LogP contribution < -0.4 is 5.73 Å². The van der Waals surface area contributed by atoms with Crippen molar-refractivity contribution in [1.82, 2.24) is 4.90 Å². The minimum absolute atomic E-state index is 0.131. The Balaban J connectivity index is 2.79. The zero-order valence-corrected chi connectivity index (χ0v) is 11.8. The average Bonchev–Trinajstić information content (AvgIpc) is 2.43. The number of nitriles is 1. The molecule has 1 aromatic carbocycles. The third-order valence-corrected chi connectivity index (χ3v) is 3.11. The van der Waals surface area contributed by atoms with E-state index in [1.807, 2.05) is 38.1 Å². The van der Waals surface area contributed by atoms with E-state index in [1.54, 1.807) is 11.8 Å². The fourth-order valence-electron chi connectivity index (χ4n) is 1.86. The Bertz CT molecular complexity index is 461. The lowest BCUT2D eigenvalue weighted by Crippen LogP contribution is -2.40. The number of carbonyl (C=O) groups is 1. The van der Waals surface area contributed by atoms with Gasteiger partial charge in [0.05, 0.1) is 12.0 Å². The predicted molar refractivity (Wildman–Crippen MR) is 75.1 cm³/mol. The largest absolute Gasteiger partial charge is 0.340 e. The van der Waals surface area contributed by atoms with Crippen molar-refractivity contribution < 1.29 is 4.79 Å². The smallest absolute Gasteiger partial charge is 0.244 e. The van der Waals surface area contributed by atoms with Gasteiger partial charge in [0.2, 0.25) is 5.91 Å². The van der Waals surface area contributed by atoms with E-state index in [0.717, 1.165) is 11.1 Å². The third kappa shape index (κ3) is 4.08. The van der Waals surface area contributed by atoms with Crippen LogP contribution >= 0.6 is 0 Å². The van der Waals surface area contributed by atoms with Crippen LogP contribution in [0.4, 0.5) is 0 Å². The van der Waals surface area contributed by atoms with Crippen LogP contribution in [0.15, 0.2) is 24.3 Å². The quantitative estimate of drug-likeness (QED) is 0.879. The fraction of sp³-hybridized carbons (Fsp3) is 0.467. The highest BCUT2D eigenvalue weighted by molar-refractivity contribution is 5.83. The van der Waals surface area contributed by atoms with Gasteiger partial charge in [0.25, 0.3) is 0 Å². The molecule has 0 saturated carbocycles. The summed E-state index contributed by atoms with van der Waals surface area (Å²) in [7, 11) is 0. The monoisotopic (exact) mass is 259 g/mol. The third-order valence-electron chi connectivity index (χ3n) is 3.11. The molecular formula is C15H21N3O. The summed E-state index contributed by atoms with van der Waals surface area (Å²) in [5.74, 6) is -0.317. The van der Waals surface area contributed by atoms with Crippen molar-refractivity contribution in [2.75, 3.05) is 13.1 Å². The molecule has 1 rings (SSSR count). The number of rotatable bonds is 5. The van der Waals surface area contributed by atoms with Crippen LogP contribution in [0.2, 0.25) is 0 Å². The van der Waals surface area contributed by atoms with Gasteiger partial charge in [-0.25, -0.2) is 0 Å². The Morgan fingerprint density at radius 2 is 2.00 bits per heavy atom. The molecule has 0 bridgehead atoms. The Labute approximate surface area is 114 Å². The van der Waals surface area contributed by atoms with Crippen LogP contribution in [-0.4, -0.2) is 23.9 Å². The summed E-state index contributed by atoms with van der Waals surface area (Å²) in [6.07, 6.45) is 0. The first kappa shape index (κ1) is 15.2. The molecule has 4 nitrogen and oxygen atoms in total. The number of amides is 1. The number of aryl methyl sites for hydroxylation is 1. The van der Waals surface area contributed by atoms with E-state index in [-0.39, 0.29) is 11.8 Å². The number of likely N-dealkylation sites (N-methyl/N-ethyl adjacent to an activating group) is 1. The van der Waals surface area contributed by atoms with Gasteiger partial charge in [-0.2, -0.15) is 5.26 Å². The topological polar surface area (TPSA) is 70.1 Å². The van der Waals surface area contributed by atoms with Gasteiger partial charge < -0.3 is 10.6 Å². The summed E-state index contributed by atoms with van der Waals surface area (Å²) < 4.78 is 0. The van der Waals surface area contributed by atoms with Crippen LogP contribution in [0.25, 0.3) is 0 Å². The average molecular weight is 259 g/mol. The number of hydrogen-bond acceptors (Lipinski definition) is 3. The van der Waals surface area contributed by atoms with Gasteiger partial charge >= 0.3 is 0 Å². The molecule has 0 aromatic heterocycles. The van der Waals surface area contributed by atoms with Crippen LogP contribution in [0.3, 0.4) is 0 Å². The molecule has 0 saturated heterocycles. The van der Waals surface area contributed by atoms with Gasteiger partial charge in [0.1, 0.15) is 6.04 Å². The first-order valence-corrected chi connectivity index (χ1v) is 6.50.